The largest absolute Gasteiger partial charge is 0.495 e. The van der Waals surface area contributed by atoms with Gasteiger partial charge in [-0.3, -0.25) is 4.72 Å². The summed E-state index contributed by atoms with van der Waals surface area (Å²) in [6.07, 6.45) is 0. The second-order valence-corrected chi connectivity index (χ2v) is 6.83. The van der Waals surface area contributed by atoms with E-state index in [2.05, 4.69) is 4.72 Å². The van der Waals surface area contributed by atoms with E-state index < -0.39 is 16.0 Å². The maximum atomic E-state index is 12.4. The van der Waals surface area contributed by atoms with Crippen LogP contribution < -0.4 is 9.46 Å². The Morgan fingerprint density at radius 1 is 1.22 bits per heavy atom. The first kappa shape index (κ1) is 17.1. The summed E-state index contributed by atoms with van der Waals surface area (Å²) < 4.78 is 32.3. The van der Waals surface area contributed by atoms with Gasteiger partial charge in [-0.2, -0.15) is 0 Å². The third kappa shape index (κ3) is 3.75. The zero-order valence-electron chi connectivity index (χ0n) is 12.3. The van der Waals surface area contributed by atoms with Crippen molar-refractivity contribution in [2.45, 2.75) is 11.8 Å². The second-order valence-electron chi connectivity index (χ2n) is 4.74. The number of methoxy groups -OCH3 is 1. The van der Waals surface area contributed by atoms with Crippen LogP contribution in [0.4, 0.5) is 5.69 Å². The van der Waals surface area contributed by atoms with E-state index in [4.69, 9.17) is 21.4 Å². The van der Waals surface area contributed by atoms with Crippen LogP contribution in [-0.2, 0) is 10.0 Å². The fraction of sp³-hybridized carbons (Fsp3) is 0.133. The Morgan fingerprint density at radius 2 is 1.83 bits per heavy atom. The number of nitrogens with one attached hydrogen (secondary N) is 1. The van der Waals surface area contributed by atoms with Crippen molar-refractivity contribution < 1.29 is 23.1 Å². The Morgan fingerprint density at radius 3 is 2.35 bits per heavy atom. The van der Waals surface area contributed by atoms with Gasteiger partial charge in [-0.25, -0.2) is 13.2 Å². The first-order valence-corrected chi connectivity index (χ1v) is 8.31. The van der Waals surface area contributed by atoms with Gasteiger partial charge >= 0.3 is 5.97 Å². The number of hydrogen-bond acceptors (Lipinski definition) is 4. The minimum atomic E-state index is -3.88. The first-order valence-electron chi connectivity index (χ1n) is 6.45. The summed E-state index contributed by atoms with van der Waals surface area (Å²) in [6.45, 7) is 1.74. The van der Waals surface area contributed by atoms with Crippen LogP contribution in [0.25, 0.3) is 0 Å². The number of carbonyl (C=O) groups is 1. The van der Waals surface area contributed by atoms with Gasteiger partial charge in [-0.05, 0) is 42.8 Å². The molecular formula is C15H14ClNO5S. The van der Waals surface area contributed by atoms with Crippen molar-refractivity contribution in [3.05, 3.63) is 52.5 Å². The third-order valence-electron chi connectivity index (χ3n) is 3.14. The zero-order chi connectivity index (χ0) is 17.2. The molecule has 0 aliphatic carbocycles. The molecule has 0 saturated carbocycles. The van der Waals surface area contributed by atoms with Crippen LogP contribution in [0.2, 0.25) is 5.02 Å². The summed E-state index contributed by atoms with van der Waals surface area (Å²) in [5, 5.41) is 9.30. The number of rotatable bonds is 5. The number of anilines is 1. The molecule has 0 spiro atoms. The van der Waals surface area contributed by atoms with Gasteiger partial charge in [0.2, 0.25) is 0 Å². The van der Waals surface area contributed by atoms with Crippen LogP contribution in [0.5, 0.6) is 5.75 Å². The lowest BCUT2D eigenvalue weighted by molar-refractivity contribution is 0.0696. The molecule has 0 fully saturated rings. The van der Waals surface area contributed by atoms with Crippen molar-refractivity contribution in [2.24, 2.45) is 0 Å². The summed E-state index contributed by atoms with van der Waals surface area (Å²) in [7, 11) is -2.48. The molecule has 2 aromatic rings. The zero-order valence-corrected chi connectivity index (χ0v) is 13.9. The number of aromatic carboxylic acids is 1. The lowest BCUT2D eigenvalue weighted by Crippen LogP contribution is -2.14. The lowest BCUT2D eigenvalue weighted by atomic mass is 10.2. The van der Waals surface area contributed by atoms with Gasteiger partial charge in [0.25, 0.3) is 10.0 Å². The maximum Gasteiger partial charge on any atom is 0.335 e. The number of hydrogen-bond donors (Lipinski definition) is 2. The van der Waals surface area contributed by atoms with Gasteiger partial charge in [0.05, 0.1) is 23.3 Å². The molecule has 6 nitrogen and oxygen atoms in total. The molecule has 0 bridgehead atoms. The van der Waals surface area contributed by atoms with E-state index in [1.165, 1.54) is 37.4 Å². The van der Waals surface area contributed by atoms with Crippen molar-refractivity contribution in [1.82, 2.24) is 0 Å². The van der Waals surface area contributed by atoms with Gasteiger partial charge in [0, 0.05) is 11.1 Å². The number of aryl methyl sites for hydroxylation is 1. The van der Waals surface area contributed by atoms with Crippen LogP contribution in [0.3, 0.4) is 0 Å². The number of ether oxygens (including phenoxy) is 1. The topological polar surface area (TPSA) is 92.7 Å². The van der Waals surface area contributed by atoms with Crippen LogP contribution in [0.1, 0.15) is 15.9 Å². The highest BCUT2D eigenvalue weighted by molar-refractivity contribution is 7.92. The molecule has 122 valence electrons. The molecular weight excluding hydrogens is 342 g/mol. The lowest BCUT2D eigenvalue weighted by Gasteiger charge is -2.13. The molecule has 0 aromatic heterocycles. The molecule has 2 aromatic carbocycles. The summed E-state index contributed by atoms with van der Waals surface area (Å²) in [5.41, 5.74) is 0.937. The average molecular weight is 356 g/mol. The quantitative estimate of drug-likeness (QED) is 0.859. The predicted octanol–water partition coefficient (Wildman–Crippen LogP) is 3.16. The van der Waals surface area contributed by atoms with E-state index >= 15 is 0 Å². The van der Waals surface area contributed by atoms with Gasteiger partial charge in [-0.15, -0.1) is 0 Å². The van der Waals surface area contributed by atoms with Crippen molar-refractivity contribution in [3.8, 4) is 5.75 Å². The van der Waals surface area contributed by atoms with Crippen molar-refractivity contribution in [1.29, 1.82) is 0 Å². The number of halogens is 1. The molecule has 0 atom stereocenters. The summed E-state index contributed by atoms with van der Waals surface area (Å²) in [6, 6.07) is 7.97. The number of carboxylic acid groups (broad SMARTS) is 1. The highest BCUT2D eigenvalue weighted by Crippen LogP contribution is 2.32. The fourth-order valence-electron chi connectivity index (χ4n) is 1.89. The average Bonchev–Trinajstić information content (AvgIpc) is 2.50. The Labute approximate surface area is 138 Å². The van der Waals surface area contributed by atoms with E-state index in [0.29, 0.717) is 10.6 Å². The first-order chi connectivity index (χ1) is 10.7. The van der Waals surface area contributed by atoms with Gasteiger partial charge in [-0.1, -0.05) is 11.6 Å². The van der Waals surface area contributed by atoms with Gasteiger partial charge < -0.3 is 9.84 Å². The van der Waals surface area contributed by atoms with E-state index in [-0.39, 0.29) is 21.9 Å². The number of benzene rings is 2. The highest BCUT2D eigenvalue weighted by Gasteiger charge is 2.18. The van der Waals surface area contributed by atoms with Crippen LogP contribution in [0, 0.1) is 6.92 Å². The Kier molecular flexibility index (Phi) is 4.82. The molecule has 0 heterocycles. The molecule has 0 unspecified atom stereocenters. The highest BCUT2D eigenvalue weighted by atomic mass is 35.5. The van der Waals surface area contributed by atoms with E-state index in [0.717, 1.165) is 0 Å². The number of sulfonamides is 1. The van der Waals surface area contributed by atoms with Crippen molar-refractivity contribution in [3.63, 3.8) is 0 Å². The standard InChI is InChI=1S/C15H14ClNO5S/c1-9-7-13(14(22-2)8-12(9)16)17-23(20,21)11-5-3-10(4-6-11)15(18)19/h3-8,17H,1-2H3,(H,18,19). The Bertz CT molecular complexity index is 847. The monoisotopic (exact) mass is 355 g/mol. The maximum absolute atomic E-state index is 12.4. The van der Waals surface area contributed by atoms with E-state index in [1.54, 1.807) is 13.0 Å². The minimum Gasteiger partial charge on any atom is -0.495 e. The molecule has 0 amide bonds. The summed E-state index contributed by atoms with van der Waals surface area (Å²) in [4.78, 5) is 10.8. The molecule has 0 radical (unpaired) electrons. The van der Waals surface area contributed by atoms with Crippen LogP contribution in [0.15, 0.2) is 41.3 Å². The van der Waals surface area contributed by atoms with Gasteiger partial charge in [0.15, 0.2) is 0 Å². The molecule has 2 N–H and O–H groups in total. The third-order valence-corrected chi connectivity index (χ3v) is 4.93. The fourth-order valence-corrected chi connectivity index (χ4v) is 3.11. The molecule has 0 aliphatic heterocycles. The molecule has 0 aliphatic rings. The molecule has 23 heavy (non-hydrogen) atoms. The molecule has 2 rings (SSSR count). The van der Waals surface area contributed by atoms with Crippen LogP contribution >= 0.6 is 11.6 Å². The minimum absolute atomic E-state index is 0.00358. The summed E-state index contributed by atoms with van der Waals surface area (Å²) in [5.74, 6) is -0.844. The van der Waals surface area contributed by atoms with Crippen LogP contribution in [-0.4, -0.2) is 26.6 Å². The van der Waals surface area contributed by atoms with Gasteiger partial charge in [0.1, 0.15) is 5.75 Å². The predicted molar refractivity (Wildman–Crippen MR) is 87.0 cm³/mol. The van der Waals surface area contributed by atoms with E-state index in [9.17, 15) is 13.2 Å². The molecule has 8 heteroatoms. The summed E-state index contributed by atoms with van der Waals surface area (Å²) >= 11 is 5.99. The smallest absolute Gasteiger partial charge is 0.335 e. The second kappa shape index (κ2) is 6.47. The number of carboxylic acids is 1. The van der Waals surface area contributed by atoms with Crippen molar-refractivity contribution >= 4 is 33.3 Å². The Balaban J connectivity index is 2.38. The molecule has 0 saturated heterocycles. The normalized spacial score (nSPS) is 11.1. The van der Waals surface area contributed by atoms with E-state index in [1.807, 2.05) is 0 Å². The Hall–Kier alpha value is -2.25. The van der Waals surface area contributed by atoms with Crippen molar-refractivity contribution in [2.75, 3.05) is 11.8 Å². The SMILES string of the molecule is COc1cc(Cl)c(C)cc1NS(=O)(=O)c1ccc(C(=O)O)cc1.